The zero-order chi connectivity index (χ0) is 39.4. The third-order valence-corrected chi connectivity index (χ3v) is 8.61. The Hall–Kier alpha value is -1.95. The summed E-state index contributed by atoms with van der Waals surface area (Å²) >= 11 is 9.91. The van der Waals surface area contributed by atoms with Crippen molar-refractivity contribution in [3.05, 3.63) is 0 Å². The Morgan fingerprint density at radius 2 is 0.774 bits per heavy atom. The molecule has 16 nitrogen and oxygen atoms in total. The number of aliphatic hydroxyl groups is 2. The van der Waals surface area contributed by atoms with Crippen LogP contribution >= 0.6 is 0 Å². The Balaban J connectivity index is 0.000000806. The van der Waals surface area contributed by atoms with Crippen LogP contribution in [-0.2, 0) is 113 Å². The maximum atomic E-state index is 11.4. The third kappa shape index (κ3) is 21.1. The molecule has 0 spiro atoms. The molecule has 0 aromatic heterocycles. The predicted molar refractivity (Wildman–Crippen MR) is 186 cm³/mol. The van der Waals surface area contributed by atoms with Gasteiger partial charge in [-0.05, 0) is 10.9 Å². The van der Waals surface area contributed by atoms with E-state index in [4.69, 9.17) is 63.2 Å². The molecule has 4 rings (SSSR count). The number of aliphatic hydroxyl groups excluding tert-OH is 2. The van der Waals surface area contributed by atoms with Gasteiger partial charge in [-0.3, -0.25) is 28.8 Å². The van der Waals surface area contributed by atoms with Crippen molar-refractivity contribution in [1.29, 1.82) is 0 Å². The van der Waals surface area contributed by atoms with Crippen molar-refractivity contribution in [3.8, 4) is 0 Å². The number of ether oxygens (including phenoxy) is 8. The predicted octanol–water partition coefficient (Wildman–Crippen LogP) is 1.99. The van der Waals surface area contributed by atoms with Crippen LogP contribution in [0.4, 0.5) is 0 Å². The fourth-order valence-corrected chi connectivity index (χ4v) is 6.19. The molecule has 0 aromatic rings. The zero-order valence-electron chi connectivity index (χ0n) is 31.1. The molecule has 4 aliphatic rings. The molecule has 0 unspecified atom stereocenters. The Labute approximate surface area is 336 Å². The molecule has 2 aliphatic carbocycles. The quantitative estimate of drug-likeness (QED) is 0.154. The first-order valence-corrected chi connectivity index (χ1v) is 18.3. The van der Waals surface area contributed by atoms with Gasteiger partial charge in [0.2, 0.25) is 0 Å². The van der Waals surface area contributed by atoms with Gasteiger partial charge in [-0.15, -0.1) is 0 Å². The summed E-state index contributed by atoms with van der Waals surface area (Å²) in [6.45, 7) is 6.51. The maximum Gasteiger partial charge on any atom is 4.00 e. The van der Waals surface area contributed by atoms with Gasteiger partial charge in [0.25, 0.3) is 0 Å². The first kappa shape index (κ1) is 51.0. The number of esters is 6. The van der Waals surface area contributed by atoms with Gasteiger partial charge in [-0.2, -0.15) is 0 Å². The van der Waals surface area contributed by atoms with E-state index in [2.05, 4.69) is 0 Å². The summed E-state index contributed by atoms with van der Waals surface area (Å²) < 4.78 is 40.4. The van der Waals surface area contributed by atoms with Crippen molar-refractivity contribution in [2.24, 2.45) is 0 Å². The van der Waals surface area contributed by atoms with Gasteiger partial charge in [0, 0.05) is 41.5 Å². The average Bonchev–Trinajstić information content (AvgIpc) is 3.83. The van der Waals surface area contributed by atoms with Gasteiger partial charge < -0.3 is 73.4 Å². The van der Waals surface area contributed by atoms with Crippen LogP contribution in [0.3, 0.4) is 0 Å². The number of carbonyl (C=O) groups is 6. The van der Waals surface area contributed by atoms with E-state index in [0.717, 1.165) is 27.7 Å². The van der Waals surface area contributed by atoms with Crippen LogP contribution in [0.5, 0.6) is 0 Å². The monoisotopic (exact) mass is 880 g/mol. The number of hydrogen-bond donors (Lipinski definition) is 2. The summed E-state index contributed by atoms with van der Waals surface area (Å²) in [6.07, 6.45) is 5.76. The molecule has 2 saturated heterocycles. The van der Waals surface area contributed by atoms with Crippen molar-refractivity contribution in [2.75, 3.05) is 13.2 Å². The van der Waals surface area contributed by atoms with Gasteiger partial charge in [-0.25, -0.2) is 0 Å². The molecule has 10 atom stereocenters. The Bertz CT molecular complexity index is 1110. The molecule has 302 valence electrons. The van der Waals surface area contributed by atoms with Gasteiger partial charge in [0.05, 0.1) is 6.10 Å². The summed E-state index contributed by atoms with van der Waals surface area (Å²) in [6, 6.07) is 0. The van der Waals surface area contributed by atoms with Gasteiger partial charge in [0.15, 0.2) is 18.3 Å². The van der Waals surface area contributed by atoms with Crippen LogP contribution in [0.1, 0.15) is 106 Å². The van der Waals surface area contributed by atoms with E-state index in [1.54, 1.807) is 0 Å². The molecule has 0 aromatic carbocycles. The number of rotatable bonds is 8. The third-order valence-electron chi connectivity index (χ3n) is 7.84. The fraction of sp³-hybridized carbons (Fsp3) is 0.824. The normalized spacial score (nSPS) is 30.0. The van der Waals surface area contributed by atoms with Crippen LogP contribution in [0.25, 0.3) is 0 Å². The fourth-order valence-electron chi connectivity index (χ4n) is 5.53. The first-order chi connectivity index (χ1) is 24.4. The summed E-state index contributed by atoms with van der Waals surface area (Å²) in [5.74, 6) is -3.81. The van der Waals surface area contributed by atoms with Crippen LogP contribution < -0.4 is 0 Å². The van der Waals surface area contributed by atoms with Crippen molar-refractivity contribution in [2.45, 2.75) is 165 Å². The van der Waals surface area contributed by atoms with Crippen molar-refractivity contribution >= 4 is 61.1 Å². The maximum absolute atomic E-state index is 11.4. The largest absolute Gasteiger partial charge is 4.00 e. The molecule has 0 radical (unpaired) electrons. The van der Waals surface area contributed by atoms with E-state index in [9.17, 15) is 39.0 Å². The van der Waals surface area contributed by atoms with Crippen molar-refractivity contribution in [1.82, 2.24) is 0 Å². The standard InChI is InChI=1S/C14H20O9S.C10H16O7S.2C5H10.Mo/c1-6(15)19-5-10-11(20-7(2)16)12(21-8(3)17)13(14(24)23-10)22-9(4)18;1-4(11)15-3-6-9(16-5(2)12)7(13)8(14)10(18)17-6;2*1-2-4-5-3-1;/h10-14,24H,5H2,1-4H3;6-10,13-14,18H,3H2,1-2H3;2*1-5H2;/q;;;;+4/p-2/t10-,11-,12+,13-,14+;6-,7-,8-,9-,10+;;;/m11.../s1. The zero-order valence-corrected chi connectivity index (χ0v) is 34.7. The number of carbonyl (C=O) groups excluding carboxylic acids is 6. The molecule has 0 amide bonds. The molecule has 4 fully saturated rings. The van der Waals surface area contributed by atoms with E-state index >= 15 is 0 Å². The molecule has 53 heavy (non-hydrogen) atoms. The smallest absolute Gasteiger partial charge is 0.759 e. The van der Waals surface area contributed by atoms with Crippen molar-refractivity contribution < 1.29 is 97.9 Å². The van der Waals surface area contributed by atoms with E-state index in [0.29, 0.717) is 0 Å². The first-order valence-electron chi connectivity index (χ1n) is 17.4. The SMILES string of the molecule is C1CCCC1.C1CCCC1.CC(=O)OC[C@H]1O[C@@H]([S-])[C@H](O)[C@@H](O)[C@@H]1OC(C)=O.CC(=O)OC[C@H]1O[C@@H]([S-])[C@H](OC(C)=O)[C@@H](OC(C)=O)[C@@H]1OC(C)=O.[Mo+4]. The molecule has 19 heteroatoms. The molecular formula is C34H54MoO16S2+2. The average molecular weight is 879 g/mol. The van der Waals surface area contributed by atoms with E-state index in [1.807, 2.05) is 0 Å². The number of hydrogen-bond acceptors (Lipinski definition) is 18. The Morgan fingerprint density at radius 1 is 0.472 bits per heavy atom. The van der Waals surface area contributed by atoms with Crippen LogP contribution in [0.2, 0.25) is 0 Å². The van der Waals surface area contributed by atoms with E-state index < -0.39 is 95.5 Å². The molecular weight excluding hydrogens is 824 g/mol. The second kappa shape index (κ2) is 27.6. The molecule has 2 N–H and O–H groups in total. The summed E-state index contributed by atoms with van der Waals surface area (Å²) in [4.78, 5) is 66.7. The van der Waals surface area contributed by atoms with Gasteiger partial charge in [0.1, 0.15) is 37.6 Å². The minimum atomic E-state index is -1.38. The van der Waals surface area contributed by atoms with E-state index in [1.165, 1.54) is 78.1 Å². The Morgan fingerprint density at radius 3 is 1.13 bits per heavy atom. The van der Waals surface area contributed by atoms with Crippen LogP contribution in [0.15, 0.2) is 0 Å². The van der Waals surface area contributed by atoms with Gasteiger partial charge >= 0.3 is 56.9 Å². The topological polar surface area (TPSA) is 217 Å². The minimum Gasteiger partial charge on any atom is -0.759 e. The van der Waals surface area contributed by atoms with Gasteiger partial charge in [-0.1, -0.05) is 64.2 Å². The molecule has 0 bridgehead atoms. The Kier molecular flexibility index (Phi) is 26.6. The minimum absolute atomic E-state index is 0. The van der Waals surface area contributed by atoms with Crippen LogP contribution in [-0.4, -0.2) is 119 Å². The molecule has 2 aliphatic heterocycles. The van der Waals surface area contributed by atoms with Crippen molar-refractivity contribution in [3.63, 3.8) is 0 Å². The summed E-state index contributed by atoms with van der Waals surface area (Å²) in [5, 5.41) is 19.3. The molecule has 2 heterocycles. The second-order valence-corrected chi connectivity index (χ2v) is 13.4. The second-order valence-electron chi connectivity index (χ2n) is 12.5. The summed E-state index contributed by atoms with van der Waals surface area (Å²) in [5.41, 5.74) is -2.15. The van der Waals surface area contributed by atoms with Crippen LogP contribution in [0, 0.1) is 0 Å². The molecule has 2 saturated carbocycles. The summed E-state index contributed by atoms with van der Waals surface area (Å²) in [7, 11) is 0. The van der Waals surface area contributed by atoms with E-state index in [-0.39, 0.29) is 34.3 Å².